The predicted octanol–water partition coefficient (Wildman–Crippen LogP) is 9.98. The Bertz CT molecular complexity index is 2580. The maximum Gasteiger partial charge on any atom is 0.446 e. The number of thioether (sulfide) groups is 2. The number of piperazine rings is 1. The summed E-state index contributed by atoms with van der Waals surface area (Å²) in [5.41, 5.74) is 0.567. The lowest BCUT2D eigenvalue weighted by atomic mass is 9.99. The minimum Gasteiger partial charge on any atom is -0.381 e. The van der Waals surface area contributed by atoms with Gasteiger partial charge >= 0.3 is 5.51 Å². The molecule has 1 atom stereocenters. The molecule has 0 aliphatic carbocycles. The van der Waals surface area contributed by atoms with E-state index in [2.05, 4.69) is 52.9 Å². The van der Waals surface area contributed by atoms with Crippen LogP contribution in [-0.4, -0.2) is 105 Å². The first kappa shape index (κ1) is 45.0. The molecule has 0 unspecified atom stereocenters. The van der Waals surface area contributed by atoms with E-state index in [1.807, 2.05) is 72.8 Å². The highest BCUT2D eigenvalue weighted by atomic mass is 35.5. The minimum atomic E-state index is -4.66. The van der Waals surface area contributed by atoms with Crippen molar-refractivity contribution in [1.82, 2.24) is 19.8 Å². The number of fused-ring (bicyclic) bond motifs is 1. The SMILES string of the molecule is O=S(=O)(Nc1ncnc2cc(N3CCN(Cc4ccccc4-c4ccc(Cl)cc4)CC3)ccc12)c1ccc(N[C@H](CCN2CCOCC2)CSc2ccccc2)c(SC(F)(F)F)c1. The summed E-state index contributed by atoms with van der Waals surface area (Å²) in [4.78, 5) is 16.2. The Kier molecular flexibility index (Phi) is 14.7. The molecule has 63 heavy (non-hydrogen) atoms. The van der Waals surface area contributed by atoms with Gasteiger partial charge in [-0.05, 0) is 95.5 Å². The third kappa shape index (κ3) is 12.2. The van der Waals surface area contributed by atoms with Gasteiger partial charge in [0.1, 0.15) is 6.33 Å². The number of alkyl halides is 3. The fraction of sp³-hybridized carbons (Fsp3) is 0.304. The lowest BCUT2D eigenvalue weighted by Crippen LogP contribution is -2.46. The second kappa shape index (κ2) is 20.5. The fourth-order valence-corrected chi connectivity index (χ4v) is 10.7. The predicted molar refractivity (Wildman–Crippen MR) is 250 cm³/mol. The van der Waals surface area contributed by atoms with Gasteiger partial charge in [-0.15, -0.1) is 11.8 Å². The molecule has 0 amide bonds. The Morgan fingerprint density at radius 1 is 0.810 bits per heavy atom. The molecule has 3 heterocycles. The maximum absolute atomic E-state index is 14.0. The highest BCUT2D eigenvalue weighted by Crippen LogP contribution is 2.42. The van der Waals surface area contributed by atoms with E-state index < -0.39 is 15.5 Å². The van der Waals surface area contributed by atoms with Crippen molar-refractivity contribution < 1.29 is 26.3 Å². The number of hydrogen-bond acceptors (Lipinski definition) is 11. The normalized spacial score (nSPS) is 16.0. The van der Waals surface area contributed by atoms with E-state index in [0.29, 0.717) is 41.3 Å². The molecule has 330 valence electrons. The van der Waals surface area contributed by atoms with Gasteiger partial charge in [-0.3, -0.25) is 14.5 Å². The zero-order valence-corrected chi connectivity index (χ0v) is 37.5. The molecule has 5 aromatic carbocycles. The van der Waals surface area contributed by atoms with Crippen molar-refractivity contribution in [2.75, 3.05) is 79.7 Å². The molecule has 2 aliphatic rings. The summed E-state index contributed by atoms with van der Waals surface area (Å²) < 4.78 is 78.0. The van der Waals surface area contributed by atoms with Crippen LogP contribution in [-0.2, 0) is 21.3 Å². The number of anilines is 3. The van der Waals surface area contributed by atoms with E-state index in [1.54, 1.807) is 17.8 Å². The number of benzene rings is 5. The van der Waals surface area contributed by atoms with Crippen LogP contribution in [0.4, 0.5) is 30.4 Å². The van der Waals surface area contributed by atoms with Gasteiger partial charge < -0.3 is 15.0 Å². The lowest BCUT2D eigenvalue weighted by Gasteiger charge is -2.36. The molecular weight excluding hydrogens is 887 g/mol. The monoisotopic (exact) mass is 933 g/mol. The second-order valence-electron chi connectivity index (χ2n) is 15.4. The summed E-state index contributed by atoms with van der Waals surface area (Å²) in [5, 5.41) is 4.51. The number of hydrogen-bond donors (Lipinski definition) is 2. The molecule has 2 fully saturated rings. The molecule has 10 nitrogen and oxygen atoms in total. The van der Waals surface area contributed by atoms with Crippen LogP contribution in [0.2, 0.25) is 5.02 Å². The van der Waals surface area contributed by atoms with Gasteiger partial charge in [0.15, 0.2) is 5.82 Å². The highest BCUT2D eigenvalue weighted by Gasteiger charge is 2.32. The quantitative estimate of drug-likeness (QED) is 0.0908. The van der Waals surface area contributed by atoms with Crippen molar-refractivity contribution in [1.29, 1.82) is 0 Å². The van der Waals surface area contributed by atoms with Gasteiger partial charge in [-0.25, -0.2) is 18.4 Å². The molecule has 17 heteroatoms. The van der Waals surface area contributed by atoms with E-state index in [-0.39, 0.29) is 39.1 Å². The van der Waals surface area contributed by atoms with Crippen LogP contribution in [0.25, 0.3) is 22.0 Å². The first-order chi connectivity index (χ1) is 30.5. The molecule has 8 rings (SSSR count). The average Bonchev–Trinajstić information content (AvgIpc) is 3.28. The zero-order chi connectivity index (χ0) is 43.8. The third-order valence-corrected chi connectivity index (χ3v) is 14.6. The number of nitrogens with zero attached hydrogens (tertiary/aromatic N) is 5. The highest BCUT2D eigenvalue weighted by molar-refractivity contribution is 8.00. The molecule has 2 N–H and O–H groups in total. The van der Waals surface area contributed by atoms with Crippen LogP contribution in [0.5, 0.6) is 0 Å². The van der Waals surface area contributed by atoms with E-state index in [0.717, 1.165) is 74.6 Å². The molecule has 2 aliphatic heterocycles. The van der Waals surface area contributed by atoms with Crippen LogP contribution < -0.4 is 14.9 Å². The summed E-state index contributed by atoms with van der Waals surface area (Å²) >= 11 is 7.41. The molecule has 0 radical (unpaired) electrons. The zero-order valence-electron chi connectivity index (χ0n) is 34.3. The molecule has 2 saturated heterocycles. The smallest absolute Gasteiger partial charge is 0.381 e. The van der Waals surface area contributed by atoms with Gasteiger partial charge in [0.05, 0.1) is 23.6 Å². The van der Waals surface area contributed by atoms with Gasteiger partial charge in [-0.1, -0.05) is 66.2 Å². The van der Waals surface area contributed by atoms with E-state index >= 15 is 0 Å². The number of rotatable bonds is 16. The van der Waals surface area contributed by atoms with Gasteiger partial charge in [0, 0.05) is 95.7 Å². The standard InChI is InChI=1S/C46H47ClF3N7O3S3/c47-35-12-10-33(11-13-35)40-9-5-4-6-34(40)30-56-20-22-57(23-21-56)37-14-16-41-43(28-37)51-32-52-45(41)54-63(58,59)39-15-17-42(44(29-39)62-46(48,49)50)53-36(18-19-55-24-26-60-27-25-55)31-61-38-7-2-1-3-8-38/h1-17,28-29,32,36,53H,18-27,30-31H2,(H,51,52,54)/t36-/m1/s1. The second-order valence-corrected chi connectivity index (χ2v) is 19.7. The molecule has 6 aromatic rings. The summed E-state index contributed by atoms with van der Waals surface area (Å²) in [5.74, 6) is 0.620. The van der Waals surface area contributed by atoms with Crippen molar-refractivity contribution in [3.05, 3.63) is 132 Å². The lowest BCUT2D eigenvalue weighted by molar-refractivity contribution is -0.0328. The Balaban J connectivity index is 0.952. The topological polar surface area (TPSA) is 103 Å². The molecule has 0 spiro atoms. The molecule has 0 saturated carbocycles. The number of nitrogens with one attached hydrogen (secondary N) is 2. The Morgan fingerprint density at radius 2 is 1.56 bits per heavy atom. The first-order valence-corrected chi connectivity index (χ1v) is 24.4. The largest absolute Gasteiger partial charge is 0.446 e. The Labute approximate surface area is 379 Å². The van der Waals surface area contributed by atoms with Crippen molar-refractivity contribution in [2.45, 2.75) is 39.2 Å². The number of halogens is 4. The van der Waals surface area contributed by atoms with Crippen molar-refractivity contribution in [3.63, 3.8) is 0 Å². The maximum atomic E-state index is 14.0. The van der Waals surface area contributed by atoms with Gasteiger partial charge in [0.2, 0.25) is 0 Å². The molecule has 0 bridgehead atoms. The minimum absolute atomic E-state index is 0.0315. The van der Waals surface area contributed by atoms with Gasteiger partial charge in [0.25, 0.3) is 10.0 Å². The molecule has 1 aromatic heterocycles. The third-order valence-electron chi connectivity index (χ3n) is 11.1. The van der Waals surface area contributed by atoms with E-state index in [4.69, 9.17) is 16.3 Å². The van der Waals surface area contributed by atoms with Gasteiger partial charge in [-0.2, -0.15) is 13.2 Å². The van der Waals surface area contributed by atoms with Crippen molar-refractivity contribution >= 4 is 73.2 Å². The van der Waals surface area contributed by atoms with Crippen LogP contribution in [0.15, 0.2) is 136 Å². The number of morpholine rings is 1. The summed E-state index contributed by atoms with van der Waals surface area (Å²) in [6.07, 6.45) is 1.94. The van der Waals surface area contributed by atoms with Crippen LogP contribution in [0, 0.1) is 0 Å². The van der Waals surface area contributed by atoms with Crippen LogP contribution in [0.3, 0.4) is 0 Å². The number of aromatic nitrogens is 2. The van der Waals surface area contributed by atoms with Crippen molar-refractivity contribution in [2.24, 2.45) is 0 Å². The summed E-state index contributed by atoms with van der Waals surface area (Å²) in [7, 11) is -4.38. The van der Waals surface area contributed by atoms with E-state index in [1.165, 1.54) is 29.6 Å². The van der Waals surface area contributed by atoms with Crippen LogP contribution >= 0.6 is 35.1 Å². The van der Waals surface area contributed by atoms with E-state index in [9.17, 15) is 21.6 Å². The number of sulfonamides is 1. The Hall–Kier alpha value is -4.55. The summed E-state index contributed by atoms with van der Waals surface area (Å²) in [6.45, 7) is 7.64. The Morgan fingerprint density at radius 3 is 2.32 bits per heavy atom. The average molecular weight is 935 g/mol. The van der Waals surface area contributed by atoms with Crippen molar-refractivity contribution in [3.8, 4) is 11.1 Å². The first-order valence-electron chi connectivity index (χ1n) is 20.7. The fourth-order valence-electron chi connectivity index (χ4n) is 7.78. The number of ether oxygens (including phenoxy) is 1. The summed E-state index contributed by atoms with van der Waals surface area (Å²) in [6, 6.07) is 35.3. The molecular formula is C46H47ClF3N7O3S3. The van der Waals surface area contributed by atoms with Crippen LogP contribution in [0.1, 0.15) is 12.0 Å².